The molecule has 112 valence electrons. The van der Waals surface area contributed by atoms with Crippen molar-refractivity contribution in [2.45, 2.75) is 40.2 Å². The van der Waals surface area contributed by atoms with Crippen LogP contribution >= 0.6 is 0 Å². The molecule has 0 fully saturated rings. The predicted octanol–water partition coefficient (Wildman–Crippen LogP) is 2.30. The van der Waals surface area contributed by atoms with E-state index >= 15 is 0 Å². The maximum atomic E-state index is 12.1. The summed E-state index contributed by atoms with van der Waals surface area (Å²) in [6.07, 6.45) is 0. The van der Waals surface area contributed by atoms with Gasteiger partial charge in [-0.2, -0.15) is 0 Å². The molecule has 4 heteroatoms. The Labute approximate surface area is 121 Å². The minimum atomic E-state index is -0.899. The van der Waals surface area contributed by atoms with Crippen LogP contribution in [0.5, 0.6) is 5.75 Å². The molecule has 0 saturated heterocycles. The summed E-state index contributed by atoms with van der Waals surface area (Å²) in [4.78, 5) is 13.7. The second kappa shape index (κ2) is 6.75. The van der Waals surface area contributed by atoms with Crippen molar-refractivity contribution in [3.05, 3.63) is 29.3 Å². The number of benzene rings is 1. The van der Waals surface area contributed by atoms with Crippen molar-refractivity contribution >= 4 is 5.91 Å². The van der Waals surface area contributed by atoms with Crippen LogP contribution in [0.25, 0.3) is 0 Å². The molecule has 1 amide bonds. The summed E-state index contributed by atoms with van der Waals surface area (Å²) >= 11 is 0. The van der Waals surface area contributed by atoms with Crippen molar-refractivity contribution in [3.8, 4) is 5.75 Å². The monoisotopic (exact) mass is 279 g/mol. The number of carbonyl (C=O) groups excluding carboxylic acids is 1. The molecule has 0 aliphatic heterocycles. The predicted molar refractivity (Wildman–Crippen MR) is 80.0 cm³/mol. The molecule has 0 aromatic heterocycles. The number of amides is 1. The Morgan fingerprint density at radius 2 is 1.85 bits per heavy atom. The molecule has 4 nitrogen and oxygen atoms in total. The Morgan fingerprint density at radius 3 is 2.30 bits per heavy atom. The first kappa shape index (κ1) is 16.5. The van der Waals surface area contributed by atoms with Gasteiger partial charge in [-0.3, -0.25) is 4.79 Å². The van der Waals surface area contributed by atoms with E-state index < -0.39 is 5.60 Å². The van der Waals surface area contributed by atoms with Crippen LogP contribution in [0.3, 0.4) is 0 Å². The largest absolute Gasteiger partial charge is 0.483 e. The molecule has 1 N–H and O–H groups in total. The van der Waals surface area contributed by atoms with E-state index in [-0.39, 0.29) is 12.5 Å². The fourth-order valence-corrected chi connectivity index (χ4v) is 2.10. The second-order valence-corrected chi connectivity index (χ2v) is 5.73. The molecular formula is C16H25NO3. The molecule has 0 aliphatic carbocycles. The van der Waals surface area contributed by atoms with Gasteiger partial charge in [-0.15, -0.1) is 0 Å². The normalized spacial score (nSPS) is 11.3. The lowest BCUT2D eigenvalue weighted by Gasteiger charge is -2.28. The van der Waals surface area contributed by atoms with E-state index in [1.807, 2.05) is 39.0 Å². The van der Waals surface area contributed by atoms with E-state index in [0.717, 1.165) is 16.9 Å². The summed E-state index contributed by atoms with van der Waals surface area (Å²) in [6.45, 7) is 10.0. The quantitative estimate of drug-likeness (QED) is 0.869. The number of hydrogen-bond acceptors (Lipinski definition) is 3. The highest BCUT2D eigenvalue weighted by molar-refractivity contribution is 5.78. The van der Waals surface area contributed by atoms with Crippen molar-refractivity contribution in [1.82, 2.24) is 4.90 Å². The zero-order valence-corrected chi connectivity index (χ0v) is 13.1. The maximum Gasteiger partial charge on any atom is 0.260 e. The van der Waals surface area contributed by atoms with Gasteiger partial charge in [0.25, 0.3) is 5.91 Å². The van der Waals surface area contributed by atoms with Gasteiger partial charge in [0, 0.05) is 13.1 Å². The second-order valence-electron chi connectivity index (χ2n) is 5.73. The minimum Gasteiger partial charge on any atom is -0.483 e. The van der Waals surface area contributed by atoms with Crippen molar-refractivity contribution in [2.75, 3.05) is 19.7 Å². The number of likely N-dealkylation sites (N-methyl/N-ethyl adjacent to an activating group) is 1. The van der Waals surface area contributed by atoms with Gasteiger partial charge in [0.2, 0.25) is 0 Å². The molecule has 0 spiro atoms. The SMILES string of the molecule is CCN(CC(C)(C)O)C(=O)COc1c(C)cccc1C. The van der Waals surface area contributed by atoms with Crippen molar-refractivity contribution in [1.29, 1.82) is 0 Å². The van der Waals surface area contributed by atoms with E-state index in [4.69, 9.17) is 4.74 Å². The summed E-state index contributed by atoms with van der Waals surface area (Å²) < 4.78 is 5.65. The van der Waals surface area contributed by atoms with Crippen molar-refractivity contribution < 1.29 is 14.6 Å². The molecule has 0 aliphatic rings. The Balaban J connectivity index is 2.66. The third-order valence-corrected chi connectivity index (χ3v) is 3.06. The first-order valence-electron chi connectivity index (χ1n) is 6.93. The fourth-order valence-electron chi connectivity index (χ4n) is 2.10. The van der Waals surface area contributed by atoms with Gasteiger partial charge in [-0.25, -0.2) is 0 Å². The Kier molecular flexibility index (Phi) is 5.57. The van der Waals surface area contributed by atoms with Crippen LogP contribution in [0.15, 0.2) is 18.2 Å². The third kappa shape index (κ3) is 4.85. The number of carbonyl (C=O) groups is 1. The molecule has 1 rings (SSSR count). The number of aliphatic hydroxyl groups is 1. The van der Waals surface area contributed by atoms with Gasteiger partial charge >= 0.3 is 0 Å². The molecule has 0 radical (unpaired) electrons. The van der Waals surface area contributed by atoms with Crippen LogP contribution < -0.4 is 4.74 Å². The van der Waals surface area contributed by atoms with Crippen LogP contribution in [0, 0.1) is 13.8 Å². The molecular weight excluding hydrogens is 254 g/mol. The third-order valence-electron chi connectivity index (χ3n) is 3.06. The molecule has 0 saturated carbocycles. The lowest BCUT2D eigenvalue weighted by atomic mass is 10.1. The van der Waals surface area contributed by atoms with Gasteiger partial charge in [0.15, 0.2) is 6.61 Å². The van der Waals surface area contributed by atoms with Gasteiger partial charge in [-0.1, -0.05) is 18.2 Å². The van der Waals surface area contributed by atoms with E-state index in [9.17, 15) is 9.90 Å². The molecule has 0 unspecified atom stereocenters. The molecule has 20 heavy (non-hydrogen) atoms. The molecule has 0 bridgehead atoms. The summed E-state index contributed by atoms with van der Waals surface area (Å²) in [5, 5.41) is 9.81. The Bertz CT molecular complexity index is 443. The highest BCUT2D eigenvalue weighted by Crippen LogP contribution is 2.22. The molecule has 1 aromatic rings. The van der Waals surface area contributed by atoms with Crippen LogP contribution in [0.1, 0.15) is 31.9 Å². The average Bonchev–Trinajstić information content (AvgIpc) is 2.34. The van der Waals surface area contributed by atoms with E-state index in [1.54, 1.807) is 18.7 Å². The van der Waals surface area contributed by atoms with Gasteiger partial charge < -0.3 is 14.7 Å². The highest BCUT2D eigenvalue weighted by atomic mass is 16.5. The topological polar surface area (TPSA) is 49.8 Å². The standard InChI is InChI=1S/C16H25NO3/c1-6-17(11-16(4,5)19)14(18)10-20-15-12(2)8-7-9-13(15)3/h7-9,19H,6,10-11H2,1-5H3. The smallest absolute Gasteiger partial charge is 0.260 e. The molecule has 0 atom stereocenters. The van der Waals surface area contributed by atoms with Crippen LogP contribution in [-0.2, 0) is 4.79 Å². The van der Waals surface area contributed by atoms with E-state index in [1.165, 1.54) is 0 Å². The zero-order valence-electron chi connectivity index (χ0n) is 13.1. The highest BCUT2D eigenvalue weighted by Gasteiger charge is 2.21. The number of rotatable bonds is 6. The number of para-hydroxylation sites is 1. The average molecular weight is 279 g/mol. The fraction of sp³-hybridized carbons (Fsp3) is 0.562. The molecule has 0 heterocycles. The number of hydrogen-bond donors (Lipinski definition) is 1. The Hall–Kier alpha value is -1.55. The summed E-state index contributed by atoms with van der Waals surface area (Å²) in [6, 6.07) is 5.88. The minimum absolute atomic E-state index is 0.00435. The number of aryl methyl sites for hydroxylation is 2. The first-order valence-corrected chi connectivity index (χ1v) is 6.93. The lowest BCUT2D eigenvalue weighted by molar-refractivity contribution is -0.136. The van der Waals surface area contributed by atoms with E-state index in [2.05, 4.69) is 0 Å². The first-order chi connectivity index (χ1) is 9.24. The summed E-state index contributed by atoms with van der Waals surface area (Å²) in [7, 11) is 0. The number of nitrogens with zero attached hydrogens (tertiary/aromatic N) is 1. The lowest BCUT2D eigenvalue weighted by Crippen LogP contribution is -2.44. The van der Waals surface area contributed by atoms with Crippen LogP contribution in [0.2, 0.25) is 0 Å². The maximum absolute atomic E-state index is 12.1. The van der Waals surface area contributed by atoms with E-state index in [0.29, 0.717) is 13.1 Å². The van der Waals surface area contributed by atoms with Crippen LogP contribution in [0.4, 0.5) is 0 Å². The van der Waals surface area contributed by atoms with Crippen molar-refractivity contribution in [2.24, 2.45) is 0 Å². The summed E-state index contributed by atoms with van der Waals surface area (Å²) in [5.41, 5.74) is 1.14. The van der Waals surface area contributed by atoms with Crippen LogP contribution in [-0.4, -0.2) is 41.2 Å². The Morgan fingerprint density at radius 1 is 1.30 bits per heavy atom. The summed E-state index contributed by atoms with van der Waals surface area (Å²) in [5.74, 6) is 0.650. The van der Waals surface area contributed by atoms with Gasteiger partial charge in [-0.05, 0) is 45.7 Å². The van der Waals surface area contributed by atoms with Gasteiger partial charge in [0.1, 0.15) is 5.75 Å². The van der Waals surface area contributed by atoms with Gasteiger partial charge in [0.05, 0.1) is 5.60 Å². The number of ether oxygens (including phenoxy) is 1. The molecule has 1 aromatic carbocycles. The zero-order chi connectivity index (χ0) is 15.3. The van der Waals surface area contributed by atoms with Crippen molar-refractivity contribution in [3.63, 3.8) is 0 Å².